The lowest BCUT2D eigenvalue weighted by atomic mass is 10.2. The predicted molar refractivity (Wildman–Crippen MR) is 141 cm³/mol. The van der Waals surface area contributed by atoms with Crippen LogP contribution < -0.4 is 0 Å². The molecule has 3 heteroatoms. The van der Waals surface area contributed by atoms with Gasteiger partial charge in [0, 0.05) is 24.4 Å². The summed E-state index contributed by atoms with van der Waals surface area (Å²) in [6.45, 7) is 16.3. The van der Waals surface area contributed by atoms with Crippen LogP contribution in [-0.4, -0.2) is 0 Å². The molecular formula is C26H36S3. The van der Waals surface area contributed by atoms with Crippen molar-refractivity contribution in [1.29, 1.82) is 0 Å². The number of hydrogen-bond donors (Lipinski definition) is 0. The van der Waals surface area contributed by atoms with Crippen molar-refractivity contribution >= 4 is 34.0 Å². The van der Waals surface area contributed by atoms with Crippen LogP contribution in [-0.2, 0) is 0 Å². The fourth-order valence-electron chi connectivity index (χ4n) is 2.18. The lowest BCUT2D eigenvalue weighted by Crippen LogP contribution is -1.67. The molecule has 0 fully saturated rings. The molecule has 0 amide bonds. The van der Waals surface area contributed by atoms with Gasteiger partial charge in [0.15, 0.2) is 0 Å². The quantitative estimate of drug-likeness (QED) is 0.288. The smallest absolute Gasteiger partial charge is 0.0445 e. The van der Waals surface area contributed by atoms with E-state index >= 15 is 0 Å². The first-order chi connectivity index (χ1) is 14.2. The highest BCUT2D eigenvalue weighted by Gasteiger charge is 1.99. The van der Waals surface area contributed by atoms with E-state index in [-0.39, 0.29) is 0 Å². The molecule has 0 aliphatic rings. The van der Waals surface area contributed by atoms with Gasteiger partial charge in [-0.1, -0.05) is 77.9 Å². The summed E-state index contributed by atoms with van der Waals surface area (Å²) in [7, 11) is 0. The molecule has 0 aliphatic heterocycles. The molecule has 29 heavy (non-hydrogen) atoms. The zero-order valence-electron chi connectivity index (χ0n) is 19.2. The van der Waals surface area contributed by atoms with E-state index in [1.165, 1.54) is 29.9 Å². The Kier molecular flexibility index (Phi) is 16.2. The van der Waals surface area contributed by atoms with Crippen LogP contribution in [0.5, 0.6) is 0 Å². The number of rotatable bonds is 2. The van der Waals surface area contributed by atoms with E-state index in [0.29, 0.717) is 0 Å². The largest absolute Gasteiger partial charge is 0.143 e. The third kappa shape index (κ3) is 10.1. The van der Waals surface area contributed by atoms with Gasteiger partial charge in [0.25, 0.3) is 0 Å². The van der Waals surface area contributed by atoms with Crippen LogP contribution in [0.3, 0.4) is 0 Å². The summed E-state index contributed by atoms with van der Waals surface area (Å²) in [6.07, 6.45) is 0. The van der Waals surface area contributed by atoms with Crippen molar-refractivity contribution in [2.75, 3.05) is 0 Å². The second-order valence-corrected chi connectivity index (χ2v) is 8.69. The maximum absolute atomic E-state index is 2.19. The van der Waals surface area contributed by atoms with Crippen molar-refractivity contribution < 1.29 is 0 Å². The third-order valence-corrected chi connectivity index (χ3v) is 6.42. The summed E-state index contributed by atoms with van der Waals surface area (Å²) in [5, 5.41) is 2.12. The van der Waals surface area contributed by atoms with E-state index in [2.05, 4.69) is 79.9 Å². The molecule has 0 saturated heterocycles. The fraction of sp³-hybridized carbons (Fsp3) is 0.308. The molecule has 4 rings (SSSR count). The highest BCUT2D eigenvalue weighted by atomic mass is 32.1. The Morgan fingerprint density at radius 2 is 1.00 bits per heavy atom. The average Bonchev–Trinajstić information content (AvgIpc) is 3.56. The van der Waals surface area contributed by atoms with E-state index < -0.39 is 0 Å². The number of hydrogen-bond acceptors (Lipinski definition) is 3. The number of aryl methyl sites for hydroxylation is 2. The topological polar surface area (TPSA) is 0 Å². The van der Waals surface area contributed by atoms with Crippen molar-refractivity contribution in [3.63, 3.8) is 0 Å². The van der Waals surface area contributed by atoms with Gasteiger partial charge in [-0.25, -0.2) is 0 Å². The van der Waals surface area contributed by atoms with Crippen LogP contribution in [0.15, 0.2) is 72.1 Å². The van der Waals surface area contributed by atoms with Gasteiger partial charge in [0.1, 0.15) is 0 Å². The molecule has 0 unspecified atom stereocenters. The molecule has 0 nitrogen and oxygen atoms in total. The summed E-state index contributed by atoms with van der Waals surface area (Å²) in [4.78, 5) is 6.87. The molecule has 0 spiro atoms. The van der Waals surface area contributed by atoms with Crippen molar-refractivity contribution in [3.05, 3.63) is 81.9 Å². The second kappa shape index (κ2) is 17.2. The first-order valence-electron chi connectivity index (χ1n) is 10.4. The van der Waals surface area contributed by atoms with Crippen LogP contribution >= 0.6 is 34.0 Å². The average molecular weight is 445 g/mol. The standard InChI is InChI=1S/C11H10S.C9H8S2.3C2H6/c1-9-7-8-11(12-9)10-5-3-2-4-6-10;1-7-4-5-9(11-7)8-3-2-6-10-8;3*1-2/h2-8H,1H3;2-6H,1H3;3*1-2H3. The van der Waals surface area contributed by atoms with Gasteiger partial charge >= 0.3 is 0 Å². The molecule has 4 aromatic rings. The van der Waals surface area contributed by atoms with Crippen LogP contribution in [0.25, 0.3) is 20.2 Å². The highest BCUT2D eigenvalue weighted by Crippen LogP contribution is 2.30. The molecule has 3 aromatic heterocycles. The summed E-state index contributed by atoms with van der Waals surface area (Å²) in [5.41, 5.74) is 1.32. The van der Waals surface area contributed by atoms with Crippen molar-refractivity contribution in [3.8, 4) is 20.2 Å². The van der Waals surface area contributed by atoms with Gasteiger partial charge < -0.3 is 0 Å². The van der Waals surface area contributed by atoms with E-state index in [0.717, 1.165) is 0 Å². The Morgan fingerprint density at radius 3 is 1.41 bits per heavy atom. The Bertz CT molecular complexity index is 837. The SMILES string of the molecule is CC.CC.CC.Cc1ccc(-c2ccccc2)s1.Cc1ccc(-c2cccs2)s1. The minimum Gasteiger partial charge on any atom is -0.143 e. The van der Waals surface area contributed by atoms with E-state index in [9.17, 15) is 0 Å². The fourth-order valence-corrected chi connectivity index (χ4v) is 4.75. The molecule has 0 saturated carbocycles. The molecule has 0 aliphatic carbocycles. The Labute approximate surface area is 190 Å². The molecule has 0 atom stereocenters. The molecule has 0 radical (unpaired) electrons. The van der Waals surface area contributed by atoms with Crippen LogP contribution in [0.1, 0.15) is 51.3 Å². The molecule has 1 aromatic carbocycles. The van der Waals surface area contributed by atoms with Gasteiger partial charge in [-0.05, 0) is 55.1 Å². The summed E-state index contributed by atoms with van der Waals surface area (Å²) in [5.74, 6) is 0. The lowest BCUT2D eigenvalue weighted by Gasteiger charge is -1.93. The second-order valence-electron chi connectivity index (χ2n) is 5.16. The van der Waals surface area contributed by atoms with Gasteiger partial charge in [-0.3, -0.25) is 0 Å². The van der Waals surface area contributed by atoms with Crippen LogP contribution in [0.2, 0.25) is 0 Å². The van der Waals surface area contributed by atoms with E-state index in [4.69, 9.17) is 0 Å². The molecule has 158 valence electrons. The van der Waals surface area contributed by atoms with E-state index in [1.54, 1.807) is 11.3 Å². The number of thiophene rings is 3. The zero-order chi connectivity index (χ0) is 22.1. The minimum atomic E-state index is 1.32. The maximum atomic E-state index is 2.19. The highest BCUT2D eigenvalue weighted by molar-refractivity contribution is 7.21. The van der Waals surface area contributed by atoms with E-state index in [1.807, 2.05) is 70.3 Å². The van der Waals surface area contributed by atoms with Crippen LogP contribution in [0, 0.1) is 13.8 Å². The normalized spacial score (nSPS) is 8.69. The molecular weight excluding hydrogens is 408 g/mol. The number of benzene rings is 1. The zero-order valence-corrected chi connectivity index (χ0v) is 21.6. The predicted octanol–water partition coefficient (Wildman–Crippen LogP) is 10.6. The van der Waals surface area contributed by atoms with Gasteiger partial charge in [0.2, 0.25) is 0 Å². The summed E-state index contributed by atoms with van der Waals surface area (Å²) >= 11 is 5.50. The molecule has 3 heterocycles. The first kappa shape index (κ1) is 27.3. The van der Waals surface area contributed by atoms with Crippen molar-refractivity contribution in [1.82, 2.24) is 0 Å². The summed E-state index contributed by atoms with van der Waals surface area (Å²) in [6, 6.07) is 23.4. The van der Waals surface area contributed by atoms with Gasteiger partial charge in [0.05, 0.1) is 0 Å². The summed E-state index contributed by atoms with van der Waals surface area (Å²) < 4.78 is 0. The van der Waals surface area contributed by atoms with Crippen molar-refractivity contribution in [2.45, 2.75) is 55.4 Å². The molecule has 0 bridgehead atoms. The minimum absolute atomic E-state index is 1.32. The van der Waals surface area contributed by atoms with Gasteiger partial charge in [-0.15, -0.1) is 34.0 Å². The Balaban J connectivity index is 0.000000432. The van der Waals surface area contributed by atoms with Gasteiger partial charge in [-0.2, -0.15) is 0 Å². The first-order valence-corrected chi connectivity index (χ1v) is 13.0. The van der Waals surface area contributed by atoms with Crippen LogP contribution in [0.4, 0.5) is 0 Å². The Morgan fingerprint density at radius 1 is 0.483 bits per heavy atom. The molecule has 0 N–H and O–H groups in total. The monoisotopic (exact) mass is 444 g/mol. The maximum Gasteiger partial charge on any atom is 0.0445 e. The lowest BCUT2D eigenvalue weighted by molar-refractivity contribution is 1.50. The third-order valence-electron chi connectivity index (χ3n) is 3.30. The Hall–Kier alpha value is -1.68. The van der Waals surface area contributed by atoms with Crippen molar-refractivity contribution in [2.24, 2.45) is 0 Å².